The number of aliphatic hydroxyl groups is 3. The Bertz CT molecular complexity index is 679. The van der Waals surface area contributed by atoms with E-state index in [0.717, 1.165) is 12.8 Å². The van der Waals surface area contributed by atoms with Crippen LogP contribution in [0.25, 0.3) is 11.2 Å². The van der Waals surface area contributed by atoms with Crippen LogP contribution in [0.4, 0.5) is 0 Å². The van der Waals surface area contributed by atoms with Crippen molar-refractivity contribution < 1.29 is 20.1 Å². The number of nitrogens with zero attached hydrogens (tertiary/aromatic N) is 4. The van der Waals surface area contributed by atoms with Crippen molar-refractivity contribution in [2.45, 2.75) is 38.6 Å². The molecule has 0 spiro atoms. The van der Waals surface area contributed by atoms with E-state index in [-0.39, 0.29) is 16.7 Å². The van der Waals surface area contributed by atoms with Gasteiger partial charge in [-0.15, -0.1) is 0 Å². The molecule has 2 heterocycles. The highest BCUT2D eigenvalue weighted by Gasteiger charge is 2.20. The molecule has 9 heteroatoms. The second-order valence-electron chi connectivity index (χ2n) is 5.18. The normalized spacial score (nSPS) is 13.1. The summed E-state index contributed by atoms with van der Waals surface area (Å²) in [7, 11) is 0. The summed E-state index contributed by atoms with van der Waals surface area (Å²) in [6.45, 7) is 1.41. The molecule has 2 aromatic heterocycles. The molecule has 2 aromatic rings. The van der Waals surface area contributed by atoms with Gasteiger partial charge in [0.05, 0.1) is 26.1 Å². The number of hydrogen-bond donors (Lipinski definition) is 3. The lowest BCUT2D eigenvalue weighted by atomic mass is 10.3. The van der Waals surface area contributed by atoms with E-state index in [9.17, 15) is 9.90 Å². The molecule has 0 saturated heterocycles. The molecule has 0 unspecified atom stereocenters. The Kier molecular flexibility index (Phi) is 6.22. The summed E-state index contributed by atoms with van der Waals surface area (Å²) in [5.41, 5.74) is 0.228. The molecule has 0 bridgehead atoms. The van der Waals surface area contributed by atoms with E-state index in [2.05, 4.69) is 9.97 Å². The first-order valence-corrected chi connectivity index (χ1v) is 7.56. The summed E-state index contributed by atoms with van der Waals surface area (Å²) in [5.74, 6) is 0. The van der Waals surface area contributed by atoms with E-state index in [1.807, 2.05) is 6.92 Å². The number of unbranched alkanes of at least 4 members (excludes halogenated alkanes) is 1. The first-order chi connectivity index (χ1) is 11.2. The SMILES string of the molecule is CCCCn1cnc2c(ncn2[C@@H](CO)OC(CO)CO)c1=O. The van der Waals surface area contributed by atoms with Gasteiger partial charge in [0.1, 0.15) is 12.4 Å². The number of aliphatic hydroxyl groups excluding tert-OH is 3. The Morgan fingerprint density at radius 1 is 1.17 bits per heavy atom. The zero-order valence-corrected chi connectivity index (χ0v) is 13.0. The Morgan fingerprint density at radius 3 is 2.52 bits per heavy atom. The summed E-state index contributed by atoms with van der Waals surface area (Å²) in [4.78, 5) is 20.7. The van der Waals surface area contributed by atoms with Crippen LogP contribution in [0.2, 0.25) is 0 Å². The molecule has 1 atom stereocenters. The lowest BCUT2D eigenvalue weighted by Crippen LogP contribution is -2.29. The molecule has 0 amide bonds. The summed E-state index contributed by atoms with van der Waals surface area (Å²) < 4.78 is 8.33. The highest BCUT2D eigenvalue weighted by atomic mass is 16.5. The van der Waals surface area contributed by atoms with Gasteiger partial charge in [0, 0.05) is 6.54 Å². The summed E-state index contributed by atoms with van der Waals surface area (Å²) in [6.07, 6.45) is 2.89. The second kappa shape index (κ2) is 8.16. The van der Waals surface area contributed by atoms with Crippen molar-refractivity contribution >= 4 is 11.2 Å². The minimum Gasteiger partial charge on any atom is -0.394 e. The van der Waals surface area contributed by atoms with Crippen LogP contribution >= 0.6 is 0 Å². The topological polar surface area (TPSA) is 123 Å². The quantitative estimate of drug-likeness (QED) is 0.554. The second-order valence-corrected chi connectivity index (χ2v) is 5.18. The van der Waals surface area contributed by atoms with Crippen LogP contribution in [0.5, 0.6) is 0 Å². The van der Waals surface area contributed by atoms with Gasteiger partial charge >= 0.3 is 0 Å². The molecule has 128 valence electrons. The van der Waals surface area contributed by atoms with Crippen LogP contribution in [-0.4, -0.2) is 60.3 Å². The van der Waals surface area contributed by atoms with Crippen molar-refractivity contribution in [2.75, 3.05) is 19.8 Å². The number of imidazole rings is 1. The smallest absolute Gasteiger partial charge is 0.281 e. The molecule has 0 aliphatic rings. The number of rotatable bonds is 9. The Balaban J connectivity index is 2.34. The number of ether oxygens (including phenoxy) is 1. The number of fused-ring (bicyclic) bond motifs is 1. The molecule has 9 nitrogen and oxygen atoms in total. The highest BCUT2D eigenvalue weighted by molar-refractivity contribution is 5.69. The number of hydrogen-bond acceptors (Lipinski definition) is 7. The summed E-state index contributed by atoms with van der Waals surface area (Å²) in [6, 6.07) is 0. The largest absolute Gasteiger partial charge is 0.394 e. The predicted molar refractivity (Wildman–Crippen MR) is 81.9 cm³/mol. The lowest BCUT2D eigenvalue weighted by Gasteiger charge is -2.22. The molecular formula is C14H22N4O5. The maximum atomic E-state index is 12.4. The maximum Gasteiger partial charge on any atom is 0.281 e. The van der Waals surface area contributed by atoms with Crippen LogP contribution in [0.3, 0.4) is 0 Å². The van der Waals surface area contributed by atoms with E-state index >= 15 is 0 Å². The van der Waals surface area contributed by atoms with Gasteiger partial charge in [-0.2, -0.15) is 0 Å². The Labute approximate surface area is 132 Å². The van der Waals surface area contributed by atoms with Gasteiger partial charge in [0.25, 0.3) is 5.56 Å². The molecule has 0 aromatic carbocycles. The third kappa shape index (κ3) is 3.75. The summed E-state index contributed by atoms with van der Waals surface area (Å²) in [5, 5.41) is 27.7. The van der Waals surface area contributed by atoms with Crippen molar-refractivity contribution in [2.24, 2.45) is 0 Å². The van der Waals surface area contributed by atoms with Gasteiger partial charge in [-0.05, 0) is 6.42 Å². The predicted octanol–water partition coefficient (Wildman–Crippen LogP) is -0.746. The van der Waals surface area contributed by atoms with Gasteiger partial charge in [0.2, 0.25) is 0 Å². The van der Waals surface area contributed by atoms with Crippen molar-refractivity contribution in [1.82, 2.24) is 19.1 Å². The molecule has 0 saturated carbocycles. The van der Waals surface area contributed by atoms with E-state index in [4.69, 9.17) is 14.9 Å². The molecular weight excluding hydrogens is 304 g/mol. The molecule has 0 aliphatic heterocycles. The Morgan fingerprint density at radius 2 is 1.91 bits per heavy atom. The van der Waals surface area contributed by atoms with E-state index in [1.165, 1.54) is 21.8 Å². The highest BCUT2D eigenvalue weighted by Crippen LogP contribution is 2.16. The third-order valence-corrected chi connectivity index (χ3v) is 3.53. The molecule has 0 aliphatic carbocycles. The van der Waals surface area contributed by atoms with E-state index in [0.29, 0.717) is 6.54 Å². The molecule has 3 N–H and O–H groups in total. The van der Waals surface area contributed by atoms with Crippen molar-refractivity contribution in [3.63, 3.8) is 0 Å². The minimum absolute atomic E-state index is 0.190. The zero-order valence-electron chi connectivity index (χ0n) is 13.0. The average molecular weight is 326 g/mol. The van der Waals surface area contributed by atoms with Crippen LogP contribution in [0.15, 0.2) is 17.4 Å². The van der Waals surface area contributed by atoms with Gasteiger partial charge in [-0.3, -0.25) is 13.9 Å². The van der Waals surface area contributed by atoms with Crippen molar-refractivity contribution in [3.05, 3.63) is 23.0 Å². The fourth-order valence-electron chi connectivity index (χ4n) is 2.21. The molecule has 0 radical (unpaired) electrons. The molecule has 23 heavy (non-hydrogen) atoms. The average Bonchev–Trinajstić information content (AvgIpc) is 3.00. The Hall–Kier alpha value is -1.81. The monoisotopic (exact) mass is 326 g/mol. The van der Waals surface area contributed by atoms with Crippen LogP contribution < -0.4 is 5.56 Å². The van der Waals surface area contributed by atoms with Gasteiger partial charge in [0.15, 0.2) is 17.4 Å². The molecule has 2 rings (SSSR count). The van der Waals surface area contributed by atoms with Crippen LogP contribution in [0.1, 0.15) is 26.0 Å². The molecule has 0 fully saturated rings. The fraction of sp³-hybridized carbons (Fsp3) is 0.643. The van der Waals surface area contributed by atoms with Gasteiger partial charge in [-0.1, -0.05) is 13.3 Å². The minimum atomic E-state index is -0.900. The van der Waals surface area contributed by atoms with E-state index < -0.39 is 32.2 Å². The van der Waals surface area contributed by atoms with Crippen LogP contribution in [0, 0.1) is 0 Å². The van der Waals surface area contributed by atoms with Crippen LogP contribution in [-0.2, 0) is 11.3 Å². The lowest BCUT2D eigenvalue weighted by molar-refractivity contribution is -0.110. The van der Waals surface area contributed by atoms with Gasteiger partial charge in [-0.25, -0.2) is 9.97 Å². The fourth-order valence-corrected chi connectivity index (χ4v) is 2.21. The first kappa shape index (κ1) is 17.5. The van der Waals surface area contributed by atoms with Gasteiger partial charge < -0.3 is 20.1 Å². The summed E-state index contributed by atoms with van der Waals surface area (Å²) >= 11 is 0. The van der Waals surface area contributed by atoms with E-state index in [1.54, 1.807) is 0 Å². The van der Waals surface area contributed by atoms with Crippen molar-refractivity contribution in [1.29, 1.82) is 0 Å². The first-order valence-electron chi connectivity index (χ1n) is 7.56. The third-order valence-electron chi connectivity index (χ3n) is 3.53. The maximum absolute atomic E-state index is 12.4. The zero-order chi connectivity index (χ0) is 16.8. The number of aryl methyl sites for hydroxylation is 1. The number of aromatic nitrogens is 4. The van der Waals surface area contributed by atoms with Crippen molar-refractivity contribution in [3.8, 4) is 0 Å². The standard InChI is InChI=1S/C14H22N4O5/c1-2-3-4-17-8-16-13-12(14(17)22)15-9-18(13)11(7-21)23-10(5-19)6-20/h8-11,19-21H,2-7H2,1H3/t11-/m1/s1.